The Bertz CT molecular complexity index is 611. The Morgan fingerprint density at radius 3 is 2.64 bits per heavy atom. The molecule has 0 aromatic heterocycles. The van der Waals surface area contributed by atoms with Crippen LogP contribution in [-0.4, -0.2) is 50.2 Å². The molecular weight excluding hydrogens is 484 g/mol. The van der Waals surface area contributed by atoms with Crippen LogP contribution < -0.4 is 15.4 Å². The number of ether oxygens (including phenoxy) is 1. The second-order valence-corrected chi connectivity index (χ2v) is 6.63. The monoisotopic (exact) mass is 514 g/mol. The molecule has 0 amide bonds. The average Bonchev–Trinajstić information content (AvgIpc) is 2.65. The lowest BCUT2D eigenvalue weighted by molar-refractivity contribution is -0.0506. The molecule has 28 heavy (non-hydrogen) atoms. The van der Waals surface area contributed by atoms with E-state index in [4.69, 9.17) is 0 Å². The zero-order valence-corrected chi connectivity index (χ0v) is 18.7. The molecule has 1 aliphatic heterocycles. The van der Waals surface area contributed by atoms with Crippen molar-refractivity contribution in [2.45, 2.75) is 51.8 Å². The minimum Gasteiger partial charge on any atom is -0.434 e. The summed E-state index contributed by atoms with van der Waals surface area (Å²) >= 11 is 0. The van der Waals surface area contributed by atoms with Crippen LogP contribution in [0.2, 0.25) is 0 Å². The number of hydrogen-bond acceptors (Lipinski definition) is 3. The third-order valence-corrected chi connectivity index (χ3v) is 4.70. The maximum atomic E-state index is 14.0. The fourth-order valence-electron chi connectivity index (χ4n) is 3.16. The van der Waals surface area contributed by atoms with Crippen molar-refractivity contribution in [1.29, 1.82) is 0 Å². The second-order valence-electron chi connectivity index (χ2n) is 6.63. The molecule has 0 bridgehead atoms. The lowest BCUT2D eigenvalue weighted by atomic mass is 10.0. The summed E-state index contributed by atoms with van der Waals surface area (Å²) in [5.41, 5.74) is 0.0511. The van der Waals surface area contributed by atoms with Crippen LogP contribution in [0.1, 0.15) is 38.2 Å². The Morgan fingerprint density at radius 1 is 1.32 bits per heavy atom. The van der Waals surface area contributed by atoms with Gasteiger partial charge in [0.05, 0.1) is 0 Å². The number of likely N-dealkylation sites (tertiary alicyclic amines) is 1. The molecule has 1 fully saturated rings. The van der Waals surface area contributed by atoms with Gasteiger partial charge in [0.25, 0.3) is 0 Å². The van der Waals surface area contributed by atoms with E-state index >= 15 is 0 Å². The standard InChI is InChI=1S/C19H29F3N4O.HI/c1-3-4-10-26-11-8-14(9-12-26)25-19(23-2)24-13-15-16(20)6-5-7-17(15)27-18(21)22;/h5-7,14,18H,3-4,8-13H2,1-2H3,(H2,23,24,25);1H. The van der Waals surface area contributed by atoms with Crippen molar-refractivity contribution in [2.75, 3.05) is 26.7 Å². The van der Waals surface area contributed by atoms with Crippen molar-refractivity contribution in [3.8, 4) is 5.75 Å². The third kappa shape index (κ3) is 8.02. The highest BCUT2D eigenvalue weighted by atomic mass is 127. The fourth-order valence-corrected chi connectivity index (χ4v) is 3.16. The largest absolute Gasteiger partial charge is 0.434 e. The first kappa shape index (κ1) is 24.8. The normalized spacial score (nSPS) is 16.0. The molecule has 9 heteroatoms. The SMILES string of the molecule is CCCCN1CCC(NC(=NC)NCc2c(F)cccc2OC(F)F)CC1.I. The Hall–Kier alpha value is -1.23. The molecule has 1 saturated heterocycles. The number of hydrogen-bond donors (Lipinski definition) is 2. The van der Waals surface area contributed by atoms with Gasteiger partial charge in [-0.3, -0.25) is 4.99 Å². The molecule has 5 nitrogen and oxygen atoms in total. The number of alkyl halides is 2. The van der Waals surface area contributed by atoms with Crippen LogP contribution in [0.15, 0.2) is 23.2 Å². The molecule has 0 radical (unpaired) electrons. The minimum atomic E-state index is -3.00. The first-order chi connectivity index (χ1) is 13.0. The average molecular weight is 514 g/mol. The van der Waals surface area contributed by atoms with E-state index < -0.39 is 12.4 Å². The van der Waals surface area contributed by atoms with Crippen LogP contribution in [0, 0.1) is 5.82 Å². The highest BCUT2D eigenvalue weighted by molar-refractivity contribution is 14.0. The highest BCUT2D eigenvalue weighted by Gasteiger charge is 2.20. The van der Waals surface area contributed by atoms with Gasteiger partial charge in [0.1, 0.15) is 11.6 Å². The highest BCUT2D eigenvalue weighted by Crippen LogP contribution is 2.23. The van der Waals surface area contributed by atoms with E-state index in [9.17, 15) is 13.2 Å². The molecule has 1 aliphatic rings. The molecule has 1 heterocycles. The van der Waals surface area contributed by atoms with Gasteiger partial charge >= 0.3 is 6.61 Å². The van der Waals surface area contributed by atoms with Gasteiger partial charge in [-0.2, -0.15) is 8.78 Å². The van der Waals surface area contributed by atoms with E-state index in [2.05, 4.69) is 32.2 Å². The maximum Gasteiger partial charge on any atom is 0.387 e. The van der Waals surface area contributed by atoms with Crippen molar-refractivity contribution >= 4 is 29.9 Å². The van der Waals surface area contributed by atoms with Crippen LogP contribution in [0.3, 0.4) is 0 Å². The topological polar surface area (TPSA) is 48.9 Å². The predicted octanol–water partition coefficient (Wildman–Crippen LogP) is 3.97. The Morgan fingerprint density at radius 2 is 2.04 bits per heavy atom. The Labute approximate surface area is 182 Å². The van der Waals surface area contributed by atoms with Crippen molar-refractivity contribution in [3.05, 3.63) is 29.6 Å². The summed E-state index contributed by atoms with van der Waals surface area (Å²) < 4.78 is 43.5. The Kier molecular flexibility index (Phi) is 11.6. The van der Waals surface area contributed by atoms with E-state index in [0.29, 0.717) is 5.96 Å². The molecule has 0 saturated carbocycles. The van der Waals surface area contributed by atoms with Crippen molar-refractivity contribution in [2.24, 2.45) is 4.99 Å². The van der Waals surface area contributed by atoms with Crippen molar-refractivity contribution in [1.82, 2.24) is 15.5 Å². The summed E-state index contributed by atoms with van der Waals surface area (Å²) in [6, 6.07) is 4.17. The molecule has 2 rings (SSSR count). The third-order valence-electron chi connectivity index (χ3n) is 4.70. The maximum absolute atomic E-state index is 14.0. The van der Waals surface area contributed by atoms with Gasteiger partial charge in [-0.25, -0.2) is 4.39 Å². The zero-order chi connectivity index (χ0) is 19.6. The molecule has 2 N–H and O–H groups in total. The van der Waals surface area contributed by atoms with Gasteiger partial charge in [0.15, 0.2) is 5.96 Å². The van der Waals surface area contributed by atoms with E-state index in [0.717, 1.165) is 32.5 Å². The minimum absolute atomic E-state index is 0. The van der Waals surface area contributed by atoms with Crippen LogP contribution in [-0.2, 0) is 6.54 Å². The smallest absolute Gasteiger partial charge is 0.387 e. The number of benzene rings is 1. The van der Waals surface area contributed by atoms with E-state index in [1.54, 1.807) is 7.05 Å². The zero-order valence-electron chi connectivity index (χ0n) is 16.4. The number of rotatable bonds is 8. The van der Waals surface area contributed by atoms with E-state index in [-0.39, 0.29) is 47.9 Å². The van der Waals surface area contributed by atoms with E-state index in [1.165, 1.54) is 31.0 Å². The summed E-state index contributed by atoms with van der Waals surface area (Å²) in [4.78, 5) is 6.62. The number of aliphatic imine (C=N–C) groups is 1. The van der Waals surface area contributed by atoms with Gasteiger partial charge in [-0.15, -0.1) is 24.0 Å². The van der Waals surface area contributed by atoms with Crippen LogP contribution in [0.4, 0.5) is 13.2 Å². The number of guanidine groups is 1. The molecule has 0 spiro atoms. The van der Waals surface area contributed by atoms with Crippen LogP contribution in [0.25, 0.3) is 0 Å². The molecule has 1 aromatic carbocycles. The van der Waals surface area contributed by atoms with Gasteiger partial charge in [0, 0.05) is 38.3 Å². The molecule has 160 valence electrons. The van der Waals surface area contributed by atoms with Gasteiger partial charge in [-0.1, -0.05) is 19.4 Å². The number of unbranched alkanes of at least 4 members (excludes halogenated alkanes) is 1. The molecule has 0 atom stereocenters. The summed E-state index contributed by atoms with van der Waals surface area (Å²) in [6.45, 7) is 2.40. The summed E-state index contributed by atoms with van der Waals surface area (Å²) in [7, 11) is 1.63. The summed E-state index contributed by atoms with van der Waals surface area (Å²) in [5, 5.41) is 6.33. The van der Waals surface area contributed by atoms with Crippen molar-refractivity contribution in [3.63, 3.8) is 0 Å². The van der Waals surface area contributed by atoms with Crippen LogP contribution >= 0.6 is 24.0 Å². The van der Waals surface area contributed by atoms with Gasteiger partial charge in [-0.05, 0) is 37.9 Å². The lowest BCUT2D eigenvalue weighted by Crippen LogP contribution is -2.48. The number of halogens is 4. The fraction of sp³-hybridized carbons (Fsp3) is 0.632. The summed E-state index contributed by atoms with van der Waals surface area (Å²) in [5.74, 6) is -0.245. The van der Waals surface area contributed by atoms with Gasteiger partial charge in [0.2, 0.25) is 0 Å². The Balaban J connectivity index is 0.00000392. The quantitative estimate of drug-likeness (QED) is 0.313. The molecular formula is C19H30F3IN4O. The predicted molar refractivity (Wildman–Crippen MR) is 116 cm³/mol. The number of piperidine rings is 1. The first-order valence-electron chi connectivity index (χ1n) is 9.45. The first-order valence-corrected chi connectivity index (χ1v) is 9.45. The van der Waals surface area contributed by atoms with Crippen molar-refractivity contribution < 1.29 is 17.9 Å². The summed E-state index contributed by atoms with van der Waals surface area (Å²) in [6.07, 6.45) is 4.42. The van der Waals surface area contributed by atoms with E-state index in [1.807, 2.05) is 0 Å². The number of nitrogens with one attached hydrogen (secondary N) is 2. The molecule has 0 aliphatic carbocycles. The molecule has 0 unspecified atom stereocenters. The lowest BCUT2D eigenvalue weighted by Gasteiger charge is -2.33. The molecule has 1 aromatic rings. The van der Waals surface area contributed by atoms with Gasteiger partial charge < -0.3 is 20.3 Å². The second kappa shape index (κ2) is 13.1. The van der Waals surface area contributed by atoms with Crippen LogP contribution in [0.5, 0.6) is 5.75 Å². The number of nitrogens with zero attached hydrogens (tertiary/aromatic N) is 2.